The minimum atomic E-state index is -1.12. The Morgan fingerprint density at radius 3 is 2.15 bits per heavy atom. The molecule has 0 saturated carbocycles. The molecule has 0 aromatic rings. The van der Waals surface area contributed by atoms with E-state index in [2.05, 4.69) is 43.4 Å². The molecule has 0 aliphatic heterocycles. The molecule has 0 rings (SSSR count). The fourth-order valence-electron chi connectivity index (χ4n) is 3.26. The van der Waals surface area contributed by atoms with Crippen molar-refractivity contribution in [2.75, 3.05) is 41.0 Å². The largest absolute Gasteiger partial charge is 0.544 e. The summed E-state index contributed by atoms with van der Waals surface area (Å²) in [7, 11) is 5.33. The van der Waals surface area contributed by atoms with Gasteiger partial charge in [-0.3, -0.25) is 4.79 Å². The van der Waals surface area contributed by atoms with Gasteiger partial charge in [0, 0.05) is 12.8 Å². The number of esters is 1. The normalized spacial score (nSPS) is 14.3. The first-order chi connectivity index (χ1) is 16.2. The highest BCUT2D eigenvalue weighted by molar-refractivity contribution is 5.69. The summed E-state index contributed by atoms with van der Waals surface area (Å²) in [6.45, 7) is 2.19. The molecular formula is C27H47NO6. The fourth-order valence-corrected chi connectivity index (χ4v) is 3.26. The average Bonchev–Trinajstić information content (AvgIpc) is 2.76. The first-order valence-corrected chi connectivity index (χ1v) is 12.6. The molecule has 0 radical (unpaired) electrons. The van der Waals surface area contributed by atoms with Gasteiger partial charge in [0.25, 0.3) is 0 Å². The molecule has 196 valence electrons. The average molecular weight is 482 g/mol. The van der Waals surface area contributed by atoms with Gasteiger partial charge >= 0.3 is 5.97 Å². The number of rotatable bonds is 21. The van der Waals surface area contributed by atoms with Crippen molar-refractivity contribution in [2.24, 2.45) is 0 Å². The van der Waals surface area contributed by atoms with Gasteiger partial charge in [-0.1, -0.05) is 56.2 Å². The van der Waals surface area contributed by atoms with Crippen molar-refractivity contribution in [1.29, 1.82) is 0 Å². The second-order valence-electron chi connectivity index (χ2n) is 9.40. The second-order valence-corrected chi connectivity index (χ2v) is 9.40. The van der Waals surface area contributed by atoms with Crippen molar-refractivity contribution in [3.63, 3.8) is 0 Å². The number of hydrogen-bond acceptors (Lipinski definition) is 6. The van der Waals surface area contributed by atoms with E-state index >= 15 is 0 Å². The summed E-state index contributed by atoms with van der Waals surface area (Å²) >= 11 is 0. The summed E-state index contributed by atoms with van der Waals surface area (Å²) in [5.41, 5.74) is 0. The van der Waals surface area contributed by atoms with Crippen molar-refractivity contribution in [2.45, 2.75) is 83.3 Å². The van der Waals surface area contributed by atoms with Gasteiger partial charge in [-0.15, -0.1) is 0 Å². The van der Waals surface area contributed by atoms with E-state index in [0.717, 1.165) is 51.4 Å². The van der Waals surface area contributed by atoms with Crippen LogP contribution in [0.2, 0.25) is 0 Å². The molecule has 0 aliphatic carbocycles. The number of aliphatic hydroxyl groups is 1. The molecule has 1 N–H and O–H groups in total. The summed E-state index contributed by atoms with van der Waals surface area (Å²) < 4.78 is 10.7. The van der Waals surface area contributed by atoms with E-state index < -0.39 is 18.1 Å². The third-order valence-electron chi connectivity index (χ3n) is 5.27. The quantitative estimate of drug-likeness (QED) is 0.117. The lowest BCUT2D eigenvalue weighted by molar-refractivity contribution is -0.889. The molecule has 0 aromatic carbocycles. The number of carboxylic acids is 1. The highest BCUT2D eigenvalue weighted by atomic mass is 16.5. The van der Waals surface area contributed by atoms with E-state index in [4.69, 9.17) is 9.47 Å². The first-order valence-electron chi connectivity index (χ1n) is 12.6. The number of allylic oxidation sites excluding steroid dienone is 6. The van der Waals surface area contributed by atoms with Crippen LogP contribution in [0.5, 0.6) is 0 Å². The lowest BCUT2D eigenvalue weighted by atomic mass is 10.1. The Kier molecular flexibility index (Phi) is 19.2. The van der Waals surface area contributed by atoms with E-state index in [1.807, 2.05) is 0 Å². The Bertz CT molecular complexity index is 621. The number of carbonyl (C=O) groups excluding carboxylic acids is 2. The van der Waals surface area contributed by atoms with Crippen LogP contribution >= 0.6 is 0 Å². The number of ether oxygens (including phenoxy) is 2. The number of unbranched alkanes of at least 4 members (excludes halogenated alkanes) is 4. The van der Waals surface area contributed by atoms with Crippen molar-refractivity contribution < 1.29 is 33.8 Å². The van der Waals surface area contributed by atoms with Crippen molar-refractivity contribution in [1.82, 2.24) is 0 Å². The third-order valence-corrected chi connectivity index (χ3v) is 5.27. The molecule has 0 aliphatic rings. The summed E-state index contributed by atoms with van der Waals surface area (Å²) in [6.07, 6.45) is 20.9. The second kappa shape index (κ2) is 20.4. The number of quaternary nitrogens is 1. The van der Waals surface area contributed by atoms with Gasteiger partial charge in [0.2, 0.25) is 0 Å². The molecule has 2 atom stereocenters. The van der Waals surface area contributed by atoms with Crippen molar-refractivity contribution in [3.8, 4) is 0 Å². The maximum Gasteiger partial charge on any atom is 0.305 e. The zero-order valence-electron chi connectivity index (χ0n) is 21.7. The fraction of sp³-hybridized carbons (Fsp3) is 0.704. The van der Waals surface area contributed by atoms with Crippen LogP contribution < -0.4 is 5.11 Å². The van der Waals surface area contributed by atoms with Crippen LogP contribution in [0.3, 0.4) is 0 Å². The number of likely N-dealkylation sites (N-methyl/N-ethyl adjacent to an activating group) is 1. The highest BCUT2D eigenvalue weighted by Gasteiger charge is 2.24. The van der Waals surface area contributed by atoms with Crippen LogP contribution in [0.1, 0.15) is 71.1 Å². The first kappa shape index (κ1) is 32.0. The molecule has 2 unspecified atom stereocenters. The molecular weight excluding hydrogens is 434 g/mol. The Hall–Kier alpha value is -1.96. The van der Waals surface area contributed by atoms with E-state index in [9.17, 15) is 19.8 Å². The van der Waals surface area contributed by atoms with E-state index in [1.54, 1.807) is 21.1 Å². The molecule has 0 saturated heterocycles. The summed E-state index contributed by atoms with van der Waals surface area (Å²) in [6, 6.07) is -0.689. The Morgan fingerprint density at radius 2 is 1.53 bits per heavy atom. The standard InChI is InChI=1S/C27H47NO6/c1-5-6-7-8-9-10-11-12-13-14-15-16-17-18-19-26(30)34-23-24(29)22-33-21-20-25(27(31)32)28(2,3)4/h6-7,9-10,12-13,24-25,29H,5,8,11,14-23H2,1-4H3/b7-6+,10-9+,13-12+. The van der Waals surface area contributed by atoms with Crippen LogP contribution in [-0.2, 0) is 19.1 Å². The SMILES string of the molecule is CC/C=C/C/C=C/C/C=C/CCCCCCC(=O)OCC(O)COCCC(C(=O)[O-])[N+](C)(C)C. The number of carboxylic acid groups (broad SMARTS) is 1. The minimum absolute atomic E-state index is 0.0105. The van der Waals surface area contributed by atoms with Gasteiger partial charge in [0.1, 0.15) is 18.8 Å². The maximum absolute atomic E-state index is 11.8. The summed E-state index contributed by atoms with van der Waals surface area (Å²) in [5.74, 6) is -1.44. The van der Waals surface area contributed by atoms with Crippen molar-refractivity contribution in [3.05, 3.63) is 36.5 Å². The highest BCUT2D eigenvalue weighted by Crippen LogP contribution is 2.09. The van der Waals surface area contributed by atoms with E-state index in [0.29, 0.717) is 6.42 Å². The van der Waals surface area contributed by atoms with Crippen LogP contribution in [-0.4, -0.2) is 74.6 Å². The zero-order valence-corrected chi connectivity index (χ0v) is 21.7. The maximum atomic E-state index is 11.8. The molecule has 7 nitrogen and oxygen atoms in total. The third kappa shape index (κ3) is 19.5. The summed E-state index contributed by atoms with van der Waals surface area (Å²) in [5, 5.41) is 21.1. The Labute approximate surface area is 206 Å². The molecule has 0 bridgehead atoms. The zero-order chi connectivity index (χ0) is 25.7. The molecule has 7 heteroatoms. The smallest absolute Gasteiger partial charge is 0.305 e. The van der Waals surface area contributed by atoms with E-state index in [1.165, 1.54) is 0 Å². The predicted molar refractivity (Wildman–Crippen MR) is 134 cm³/mol. The number of hydrogen-bond donors (Lipinski definition) is 1. The van der Waals surface area contributed by atoms with Crippen LogP contribution in [0, 0.1) is 0 Å². The number of carbonyl (C=O) groups is 2. The monoisotopic (exact) mass is 481 g/mol. The van der Waals surface area contributed by atoms with Crippen LogP contribution in [0.25, 0.3) is 0 Å². The van der Waals surface area contributed by atoms with Crippen LogP contribution in [0.15, 0.2) is 36.5 Å². The minimum Gasteiger partial charge on any atom is -0.544 e. The lowest BCUT2D eigenvalue weighted by Gasteiger charge is -2.34. The summed E-state index contributed by atoms with van der Waals surface area (Å²) in [4.78, 5) is 23.0. The van der Waals surface area contributed by atoms with Crippen molar-refractivity contribution >= 4 is 11.9 Å². The molecule has 0 amide bonds. The lowest BCUT2D eigenvalue weighted by Crippen LogP contribution is -2.55. The topological polar surface area (TPSA) is 95.9 Å². The molecule has 0 spiro atoms. The number of nitrogens with zero attached hydrogens (tertiary/aromatic N) is 1. The van der Waals surface area contributed by atoms with Gasteiger partial charge in [0.05, 0.1) is 40.3 Å². The Morgan fingerprint density at radius 1 is 0.912 bits per heavy atom. The predicted octanol–water partition coefficient (Wildman–Crippen LogP) is 3.32. The van der Waals surface area contributed by atoms with Gasteiger partial charge in [-0.05, 0) is 38.5 Å². The number of aliphatic hydroxyl groups excluding tert-OH is 1. The number of aliphatic carboxylic acids is 1. The molecule has 0 fully saturated rings. The van der Waals surface area contributed by atoms with Gasteiger partial charge < -0.3 is 29.0 Å². The molecule has 0 heterocycles. The van der Waals surface area contributed by atoms with Crippen LogP contribution in [0.4, 0.5) is 0 Å². The van der Waals surface area contributed by atoms with Gasteiger partial charge in [-0.25, -0.2) is 0 Å². The van der Waals surface area contributed by atoms with E-state index in [-0.39, 0.29) is 36.7 Å². The Balaban J connectivity index is 3.67. The molecule has 0 aromatic heterocycles. The van der Waals surface area contributed by atoms with Gasteiger partial charge in [0.15, 0.2) is 0 Å². The van der Waals surface area contributed by atoms with Gasteiger partial charge in [-0.2, -0.15) is 0 Å². The molecule has 34 heavy (non-hydrogen) atoms.